The number of amides is 2. The fourth-order valence-electron chi connectivity index (χ4n) is 3.52. The molecule has 0 spiro atoms. The van der Waals surface area contributed by atoms with Crippen molar-refractivity contribution in [3.8, 4) is 5.69 Å². The van der Waals surface area contributed by atoms with Gasteiger partial charge < -0.3 is 14.4 Å². The van der Waals surface area contributed by atoms with Crippen LogP contribution in [-0.2, 0) is 16.1 Å². The lowest BCUT2D eigenvalue weighted by Gasteiger charge is -2.18. The van der Waals surface area contributed by atoms with E-state index in [2.05, 4.69) is 20.0 Å². The first-order valence-corrected chi connectivity index (χ1v) is 10.2. The van der Waals surface area contributed by atoms with Gasteiger partial charge in [0.25, 0.3) is 5.91 Å². The Balaban J connectivity index is 1.73. The highest BCUT2D eigenvalue weighted by molar-refractivity contribution is 6.07. The molecule has 0 saturated carbocycles. The minimum atomic E-state index is -0.619. The van der Waals surface area contributed by atoms with E-state index in [1.165, 1.54) is 24.1 Å². The summed E-state index contributed by atoms with van der Waals surface area (Å²) in [6.45, 7) is 0.259. The molecule has 0 atom stereocenters. The zero-order valence-electron chi connectivity index (χ0n) is 18.8. The fourth-order valence-corrected chi connectivity index (χ4v) is 3.52. The lowest BCUT2D eigenvalue weighted by Crippen LogP contribution is -2.26. The molecule has 1 N–H and O–H groups in total. The van der Waals surface area contributed by atoms with Gasteiger partial charge in [-0.25, -0.2) is 19.2 Å². The first-order valence-electron chi connectivity index (χ1n) is 10.2. The van der Waals surface area contributed by atoms with Crippen molar-refractivity contribution in [2.45, 2.75) is 6.61 Å². The molecule has 174 valence electrons. The number of carbonyl (C=O) groups is 2. The maximum Gasteiger partial charge on any atom is 0.412 e. The minimum absolute atomic E-state index is 0.259. The van der Waals surface area contributed by atoms with Crippen molar-refractivity contribution >= 4 is 34.5 Å². The Labute approximate surface area is 194 Å². The van der Waals surface area contributed by atoms with Gasteiger partial charge in [0, 0.05) is 31.0 Å². The van der Waals surface area contributed by atoms with Crippen molar-refractivity contribution in [3.63, 3.8) is 0 Å². The minimum Gasteiger partial charge on any atom is -0.453 e. The van der Waals surface area contributed by atoms with Crippen LogP contribution in [0.2, 0.25) is 0 Å². The maximum absolute atomic E-state index is 13.3. The number of methoxy groups -OCH3 is 2. The van der Waals surface area contributed by atoms with Gasteiger partial charge >= 0.3 is 6.09 Å². The second-order valence-electron chi connectivity index (χ2n) is 7.41. The van der Waals surface area contributed by atoms with Gasteiger partial charge in [0.1, 0.15) is 18.0 Å². The molecule has 2 amide bonds. The summed E-state index contributed by atoms with van der Waals surface area (Å²) in [5.41, 5.74) is 3.76. The summed E-state index contributed by atoms with van der Waals surface area (Å²) in [6.07, 6.45) is 2.58. The number of hydrogen-bond donors (Lipinski definition) is 1. The molecule has 0 bridgehead atoms. The Bertz CT molecular complexity index is 1340. The van der Waals surface area contributed by atoms with E-state index in [0.717, 1.165) is 5.56 Å². The van der Waals surface area contributed by atoms with Gasteiger partial charge in [0.15, 0.2) is 0 Å². The van der Waals surface area contributed by atoms with E-state index in [1.807, 2.05) is 0 Å². The number of anilines is 2. The molecule has 0 fully saturated rings. The van der Waals surface area contributed by atoms with Gasteiger partial charge in [-0.3, -0.25) is 14.7 Å². The number of carbonyl (C=O) groups excluding carboxylic acids is 2. The monoisotopic (exact) mass is 463 g/mol. The molecule has 0 unspecified atom stereocenters. The molecule has 34 heavy (non-hydrogen) atoms. The van der Waals surface area contributed by atoms with E-state index in [4.69, 9.17) is 4.74 Å². The van der Waals surface area contributed by atoms with Crippen LogP contribution in [0.1, 0.15) is 15.9 Å². The average Bonchev–Trinajstić information content (AvgIpc) is 3.28. The SMILES string of the molecule is COCc1cc(C(=O)N(C)c2ccc(F)cc2)cc2c1ncn2-c1ccc(NC(=O)OC)nc1. The Hall–Kier alpha value is -4.31. The number of rotatable bonds is 6. The van der Waals surface area contributed by atoms with Crippen LogP contribution in [0.5, 0.6) is 0 Å². The third-order valence-electron chi connectivity index (χ3n) is 5.24. The summed E-state index contributed by atoms with van der Waals surface area (Å²) < 4.78 is 25.0. The number of halogens is 1. The molecular formula is C24H22FN5O4. The maximum atomic E-state index is 13.3. The average molecular weight is 463 g/mol. The molecule has 0 aliphatic rings. The summed E-state index contributed by atoms with van der Waals surface area (Å²) in [4.78, 5) is 34.9. The zero-order valence-corrected chi connectivity index (χ0v) is 18.8. The fraction of sp³-hybridized carbons (Fsp3) is 0.167. The molecule has 4 rings (SSSR count). The van der Waals surface area contributed by atoms with Crippen LogP contribution in [0.15, 0.2) is 61.1 Å². The predicted octanol–water partition coefficient (Wildman–Crippen LogP) is 4.16. The Morgan fingerprint density at radius 1 is 1.09 bits per heavy atom. The molecular weight excluding hydrogens is 441 g/mol. The van der Waals surface area contributed by atoms with E-state index >= 15 is 0 Å². The number of aromatic nitrogens is 3. The molecule has 2 aromatic carbocycles. The molecule has 0 aliphatic carbocycles. The predicted molar refractivity (Wildman–Crippen MR) is 125 cm³/mol. The van der Waals surface area contributed by atoms with Crippen LogP contribution in [-0.4, -0.2) is 47.8 Å². The molecule has 4 aromatic rings. The van der Waals surface area contributed by atoms with Crippen molar-refractivity contribution in [1.29, 1.82) is 0 Å². The first-order chi connectivity index (χ1) is 16.4. The summed E-state index contributed by atoms with van der Waals surface area (Å²) >= 11 is 0. The lowest BCUT2D eigenvalue weighted by molar-refractivity contribution is 0.0992. The van der Waals surface area contributed by atoms with Crippen molar-refractivity contribution < 1.29 is 23.5 Å². The van der Waals surface area contributed by atoms with E-state index in [-0.39, 0.29) is 18.3 Å². The zero-order chi connectivity index (χ0) is 24.2. The van der Waals surface area contributed by atoms with Crippen molar-refractivity contribution in [1.82, 2.24) is 14.5 Å². The normalized spacial score (nSPS) is 10.8. The summed E-state index contributed by atoms with van der Waals surface area (Å²) in [5.74, 6) is -0.315. The second-order valence-corrected chi connectivity index (χ2v) is 7.41. The molecule has 0 aliphatic heterocycles. The van der Waals surface area contributed by atoms with Crippen LogP contribution in [0, 0.1) is 5.82 Å². The van der Waals surface area contributed by atoms with Crippen LogP contribution >= 0.6 is 0 Å². The highest BCUT2D eigenvalue weighted by Gasteiger charge is 2.19. The van der Waals surface area contributed by atoms with E-state index < -0.39 is 6.09 Å². The molecule has 0 radical (unpaired) electrons. The Kier molecular flexibility index (Phi) is 6.51. The van der Waals surface area contributed by atoms with Crippen LogP contribution in [0.3, 0.4) is 0 Å². The van der Waals surface area contributed by atoms with Crippen LogP contribution < -0.4 is 10.2 Å². The number of ether oxygens (including phenoxy) is 2. The topological polar surface area (TPSA) is 98.6 Å². The molecule has 10 heteroatoms. The van der Waals surface area contributed by atoms with Gasteiger partial charge in [-0.1, -0.05) is 0 Å². The van der Waals surface area contributed by atoms with E-state index in [1.54, 1.807) is 67.6 Å². The third-order valence-corrected chi connectivity index (χ3v) is 5.24. The van der Waals surface area contributed by atoms with Crippen LogP contribution in [0.25, 0.3) is 16.7 Å². The quantitative estimate of drug-likeness (QED) is 0.461. The van der Waals surface area contributed by atoms with Gasteiger partial charge in [-0.05, 0) is 48.5 Å². The second kappa shape index (κ2) is 9.67. The van der Waals surface area contributed by atoms with E-state index in [0.29, 0.717) is 33.8 Å². The first kappa shape index (κ1) is 22.9. The van der Waals surface area contributed by atoms with Gasteiger partial charge in [0.05, 0.1) is 36.6 Å². The molecule has 2 heterocycles. The van der Waals surface area contributed by atoms with Crippen molar-refractivity contribution in [3.05, 3.63) is 78.0 Å². The number of imidazole rings is 1. The number of nitrogens with zero attached hydrogens (tertiary/aromatic N) is 4. The number of fused-ring (bicyclic) bond motifs is 1. The summed E-state index contributed by atoms with van der Waals surface area (Å²) in [5, 5.41) is 2.50. The summed E-state index contributed by atoms with van der Waals surface area (Å²) in [6, 6.07) is 12.6. The van der Waals surface area contributed by atoms with Crippen molar-refractivity contribution in [2.24, 2.45) is 0 Å². The van der Waals surface area contributed by atoms with Gasteiger partial charge in [-0.2, -0.15) is 0 Å². The molecule has 0 saturated heterocycles. The van der Waals surface area contributed by atoms with Crippen molar-refractivity contribution in [2.75, 3.05) is 31.5 Å². The Morgan fingerprint density at radius 2 is 1.85 bits per heavy atom. The van der Waals surface area contributed by atoms with Crippen LogP contribution in [0.4, 0.5) is 20.7 Å². The largest absolute Gasteiger partial charge is 0.453 e. The lowest BCUT2D eigenvalue weighted by atomic mass is 10.1. The van der Waals surface area contributed by atoms with Gasteiger partial charge in [0.2, 0.25) is 0 Å². The standard InChI is InChI=1S/C24H22FN5O4/c1-29(18-6-4-17(25)5-7-18)23(31)15-10-16(13-33-2)22-20(11-15)30(14-27-22)19-8-9-21(26-12-19)28-24(32)34-3/h4-12,14H,13H2,1-3H3,(H,26,28,32). The summed E-state index contributed by atoms with van der Waals surface area (Å²) in [7, 11) is 4.47. The number of benzene rings is 2. The smallest absolute Gasteiger partial charge is 0.412 e. The molecule has 9 nitrogen and oxygen atoms in total. The highest BCUT2D eigenvalue weighted by Crippen LogP contribution is 2.26. The number of hydrogen-bond acceptors (Lipinski definition) is 6. The van der Waals surface area contributed by atoms with Gasteiger partial charge in [-0.15, -0.1) is 0 Å². The van der Waals surface area contributed by atoms with E-state index in [9.17, 15) is 14.0 Å². The molecule has 2 aromatic heterocycles. The third kappa shape index (κ3) is 4.57. The highest BCUT2D eigenvalue weighted by atomic mass is 19.1. The number of pyridine rings is 1. The Morgan fingerprint density at radius 3 is 2.50 bits per heavy atom. The number of nitrogens with one attached hydrogen (secondary N) is 1.